The van der Waals surface area contributed by atoms with Crippen LogP contribution >= 0.6 is 0 Å². The summed E-state index contributed by atoms with van der Waals surface area (Å²) >= 11 is 0. The Hall–Kier alpha value is -2.05. The zero-order chi connectivity index (χ0) is 14.0. The number of hydrogen-bond acceptors (Lipinski definition) is 4. The number of anilines is 1. The summed E-state index contributed by atoms with van der Waals surface area (Å²) in [6.45, 7) is -0.0300. The van der Waals surface area contributed by atoms with E-state index in [1.54, 1.807) is 0 Å². The highest BCUT2D eigenvalue weighted by Gasteiger charge is 2.35. The van der Waals surface area contributed by atoms with Crippen molar-refractivity contribution in [3.63, 3.8) is 0 Å². The predicted octanol–water partition coefficient (Wildman–Crippen LogP) is 2.64. The van der Waals surface area contributed by atoms with Crippen molar-refractivity contribution >= 4 is 17.7 Å². The highest BCUT2D eigenvalue weighted by molar-refractivity contribution is 5.83. The second-order valence-corrected chi connectivity index (χ2v) is 4.50. The smallest absolute Gasteiger partial charge is 0.281 e. The zero-order valence-electron chi connectivity index (χ0n) is 10.0. The van der Waals surface area contributed by atoms with E-state index in [9.17, 15) is 23.7 Å². The molecule has 2 rings (SSSR count). The van der Waals surface area contributed by atoms with Gasteiger partial charge in [0.15, 0.2) is 6.29 Å². The van der Waals surface area contributed by atoms with Crippen molar-refractivity contribution < 1.29 is 18.5 Å². The molecule has 0 atom stereocenters. The first-order chi connectivity index (χ1) is 8.93. The molecule has 0 amide bonds. The van der Waals surface area contributed by atoms with Gasteiger partial charge < -0.3 is 4.90 Å². The first kappa shape index (κ1) is 13.4. The largest absolute Gasteiger partial charge is 0.365 e. The summed E-state index contributed by atoms with van der Waals surface area (Å²) in [4.78, 5) is 22.2. The average molecular weight is 270 g/mol. The highest BCUT2D eigenvalue weighted by Crippen LogP contribution is 2.32. The number of rotatable bonds is 3. The van der Waals surface area contributed by atoms with Gasteiger partial charge in [-0.3, -0.25) is 14.9 Å². The minimum atomic E-state index is -2.78. The van der Waals surface area contributed by atoms with Crippen LogP contribution in [0.25, 0.3) is 0 Å². The van der Waals surface area contributed by atoms with Gasteiger partial charge in [0.05, 0.1) is 17.0 Å². The topological polar surface area (TPSA) is 63.5 Å². The first-order valence-corrected chi connectivity index (χ1v) is 5.79. The van der Waals surface area contributed by atoms with Crippen LogP contribution in [-0.4, -0.2) is 30.2 Å². The van der Waals surface area contributed by atoms with Gasteiger partial charge in [0.1, 0.15) is 0 Å². The lowest BCUT2D eigenvalue weighted by Crippen LogP contribution is -2.42. The molecule has 0 spiro atoms. The lowest BCUT2D eigenvalue weighted by atomic mass is 10.1. The summed E-state index contributed by atoms with van der Waals surface area (Å²) in [6, 6.07) is 3.91. The molecule has 0 saturated carbocycles. The van der Waals surface area contributed by atoms with E-state index in [0.717, 1.165) is 0 Å². The summed E-state index contributed by atoms with van der Waals surface area (Å²) < 4.78 is 26.6. The summed E-state index contributed by atoms with van der Waals surface area (Å²) in [5, 5.41) is 10.8. The average Bonchev–Trinajstić information content (AvgIpc) is 2.36. The van der Waals surface area contributed by atoms with Crippen LogP contribution in [0.3, 0.4) is 0 Å². The number of carbonyl (C=O) groups excluding carboxylic acids is 1. The molecule has 0 bridgehead atoms. The molecule has 1 heterocycles. The Morgan fingerprint density at radius 2 is 2.16 bits per heavy atom. The van der Waals surface area contributed by atoms with Gasteiger partial charge in [0, 0.05) is 24.7 Å². The predicted molar refractivity (Wildman–Crippen MR) is 64.9 cm³/mol. The van der Waals surface area contributed by atoms with Gasteiger partial charge in [-0.1, -0.05) is 0 Å². The molecule has 0 radical (unpaired) electrons. The molecule has 0 aliphatic carbocycles. The van der Waals surface area contributed by atoms with Crippen molar-refractivity contribution in [1.82, 2.24) is 0 Å². The Morgan fingerprint density at radius 1 is 1.42 bits per heavy atom. The SMILES string of the molecule is O=Cc1ccc(N2CCCC(F)(F)C2)cc1[N+](=O)[O-]. The Bertz CT molecular complexity index is 520. The van der Waals surface area contributed by atoms with Crippen LogP contribution in [0.15, 0.2) is 18.2 Å². The third kappa shape index (κ3) is 2.86. The van der Waals surface area contributed by atoms with E-state index in [1.807, 2.05) is 0 Å². The van der Waals surface area contributed by atoms with Crippen LogP contribution in [0, 0.1) is 10.1 Å². The second kappa shape index (κ2) is 4.91. The summed E-state index contributed by atoms with van der Waals surface area (Å²) in [5.41, 5.74) is -0.0735. The molecular weight excluding hydrogens is 258 g/mol. The van der Waals surface area contributed by atoms with Crippen molar-refractivity contribution in [2.75, 3.05) is 18.0 Å². The van der Waals surface area contributed by atoms with Crippen molar-refractivity contribution in [1.29, 1.82) is 0 Å². The Morgan fingerprint density at radius 3 is 2.74 bits per heavy atom. The molecule has 1 aliphatic heterocycles. The van der Waals surface area contributed by atoms with Gasteiger partial charge in [-0.15, -0.1) is 0 Å². The fourth-order valence-corrected chi connectivity index (χ4v) is 2.17. The monoisotopic (exact) mass is 270 g/mol. The normalized spacial score (nSPS) is 18.1. The standard InChI is InChI=1S/C12H12F2N2O3/c13-12(14)4-1-5-15(8-12)10-3-2-9(7-17)11(6-10)16(18)19/h2-3,6-7H,1,4-5,8H2. The number of carbonyl (C=O) groups is 1. The molecule has 0 aromatic heterocycles. The fraction of sp³-hybridized carbons (Fsp3) is 0.417. The third-order valence-corrected chi connectivity index (χ3v) is 3.10. The third-order valence-electron chi connectivity index (χ3n) is 3.10. The molecular formula is C12H12F2N2O3. The van der Waals surface area contributed by atoms with Crippen molar-refractivity contribution in [2.45, 2.75) is 18.8 Å². The Labute approximate surface area is 108 Å². The number of piperidine rings is 1. The zero-order valence-corrected chi connectivity index (χ0v) is 10.0. The first-order valence-electron chi connectivity index (χ1n) is 5.79. The van der Waals surface area contributed by atoms with Gasteiger partial charge in [0.2, 0.25) is 0 Å². The number of nitrogens with zero attached hydrogens (tertiary/aromatic N) is 2. The number of nitro groups is 1. The molecule has 1 aromatic carbocycles. The van der Waals surface area contributed by atoms with E-state index in [-0.39, 0.29) is 17.7 Å². The molecule has 102 valence electrons. The van der Waals surface area contributed by atoms with Gasteiger partial charge in [-0.05, 0) is 18.6 Å². The number of halogens is 2. The van der Waals surface area contributed by atoms with E-state index in [4.69, 9.17) is 0 Å². The van der Waals surface area contributed by atoms with E-state index in [0.29, 0.717) is 24.9 Å². The lowest BCUT2D eigenvalue weighted by molar-refractivity contribution is -0.385. The quantitative estimate of drug-likeness (QED) is 0.481. The number of aldehydes is 1. The Kier molecular flexibility index (Phi) is 3.46. The van der Waals surface area contributed by atoms with E-state index in [1.165, 1.54) is 23.1 Å². The van der Waals surface area contributed by atoms with Crippen LogP contribution in [-0.2, 0) is 0 Å². The minimum Gasteiger partial charge on any atom is -0.365 e. The number of alkyl halides is 2. The summed E-state index contributed by atoms with van der Waals surface area (Å²) in [7, 11) is 0. The second-order valence-electron chi connectivity index (χ2n) is 4.50. The Balaban J connectivity index is 2.33. The van der Waals surface area contributed by atoms with Crippen LogP contribution in [0.2, 0.25) is 0 Å². The van der Waals surface area contributed by atoms with Gasteiger partial charge in [-0.25, -0.2) is 8.78 Å². The summed E-state index contributed by atoms with van der Waals surface area (Å²) in [6.07, 6.45) is 0.543. The van der Waals surface area contributed by atoms with Gasteiger partial charge in [0.25, 0.3) is 11.6 Å². The number of benzene rings is 1. The molecule has 0 unspecified atom stereocenters. The maximum Gasteiger partial charge on any atom is 0.281 e. The number of hydrogen-bond donors (Lipinski definition) is 0. The highest BCUT2D eigenvalue weighted by atomic mass is 19.3. The van der Waals surface area contributed by atoms with Crippen molar-refractivity contribution in [2.24, 2.45) is 0 Å². The van der Waals surface area contributed by atoms with Crippen molar-refractivity contribution in [3.8, 4) is 0 Å². The van der Waals surface area contributed by atoms with Crippen molar-refractivity contribution in [3.05, 3.63) is 33.9 Å². The van der Waals surface area contributed by atoms with E-state index < -0.39 is 17.4 Å². The minimum absolute atomic E-state index is 0.0579. The molecule has 1 fully saturated rings. The molecule has 1 aromatic rings. The van der Waals surface area contributed by atoms with E-state index >= 15 is 0 Å². The van der Waals surface area contributed by atoms with Gasteiger partial charge in [-0.2, -0.15) is 0 Å². The lowest BCUT2D eigenvalue weighted by Gasteiger charge is -2.34. The summed E-state index contributed by atoms with van der Waals surface area (Å²) in [5.74, 6) is -2.78. The van der Waals surface area contributed by atoms with Crippen LogP contribution < -0.4 is 4.90 Å². The molecule has 1 aliphatic rings. The maximum atomic E-state index is 13.3. The van der Waals surface area contributed by atoms with Crippen LogP contribution in [0.4, 0.5) is 20.2 Å². The molecule has 7 heteroatoms. The fourth-order valence-electron chi connectivity index (χ4n) is 2.17. The molecule has 19 heavy (non-hydrogen) atoms. The molecule has 5 nitrogen and oxygen atoms in total. The van der Waals surface area contributed by atoms with Crippen LogP contribution in [0.5, 0.6) is 0 Å². The number of nitro benzene ring substituents is 1. The molecule has 1 saturated heterocycles. The van der Waals surface area contributed by atoms with Gasteiger partial charge >= 0.3 is 0 Å². The maximum absolute atomic E-state index is 13.3. The van der Waals surface area contributed by atoms with Crippen LogP contribution in [0.1, 0.15) is 23.2 Å². The van der Waals surface area contributed by atoms with E-state index in [2.05, 4.69) is 0 Å². The molecule has 0 N–H and O–H groups in total.